The summed E-state index contributed by atoms with van der Waals surface area (Å²) in [5, 5.41) is 2.68. The molecule has 0 atom stereocenters. The fraction of sp³-hybridized carbons (Fsp3) is 0.429. The Morgan fingerprint density at radius 1 is 1.20 bits per heavy atom. The van der Waals surface area contributed by atoms with Gasteiger partial charge in [-0.15, -0.1) is 0 Å². The number of nitrogens with two attached hydrogens (primary N) is 1. The van der Waals surface area contributed by atoms with Crippen LogP contribution in [0.4, 0.5) is 5.69 Å². The van der Waals surface area contributed by atoms with E-state index < -0.39 is 5.91 Å². The van der Waals surface area contributed by atoms with E-state index in [1.807, 2.05) is 6.92 Å². The monoisotopic (exact) mass is 280 g/mol. The van der Waals surface area contributed by atoms with Gasteiger partial charge in [0.05, 0.1) is 25.5 Å². The standard InChI is InChI=1S/C14H20N2O4/c1-4-5-6-13(17)16-10-8-12(20-3)11(19-2)7-9(10)14(15)18/h7-8H,4-6H2,1-3H3,(H2,15,18)(H,16,17). The van der Waals surface area contributed by atoms with Crippen molar-refractivity contribution in [1.82, 2.24) is 0 Å². The number of rotatable bonds is 7. The van der Waals surface area contributed by atoms with Crippen LogP contribution >= 0.6 is 0 Å². The molecule has 0 saturated heterocycles. The largest absolute Gasteiger partial charge is 0.493 e. The Hall–Kier alpha value is -2.24. The van der Waals surface area contributed by atoms with Crippen LogP contribution in [-0.2, 0) is 4.79 Å². The molecule has 0 saturated carbocycles. The van der Waals surface area contributed by atoms with Crippen LogP contribution in [0.15, 0.2) is 12.1 Å². The number of methoxy groups -OCH3 is 2. The van der Waals surface area contributed by atoms with E-state index in [0.717, 1.165) is 12.8 Å². The highest BCUT2D eigenvalue weighted by atomic mass is 16.5. The minimum absolute atomic E-state index is 0.165. The molecule has 1 rings (SSSR count). The molecule has 0 bridgehead atoms. The summed E-state index contributed by atoms with van der Waals surface area (Å²) in [6.45, 7) is 2.00. The van der Waals surface area contributed by atoms with Crippen molar-refractivity contribution in [3.63, 3.8) is 0 Å². The first-order valence-electron chi connectivity index (χ1n) is 6.39. The van der Waals surface area contributed by atoms with Gasteiger partial charge in [0.1, 0.15) is 0 Å². The third-order valence-electron chi connectivity index (χ3n) is 2.82. The lowest BCUT2D eigenvalue weighted by molar-refractivity contribution is -0.116. The Labute approximate surface area is 118 Å². The van der Waals surface area contributed by atoms with Gasteiger partial charge in [0, 0.05) is 12.5 Å². The van der Waals surface area contributed by atoms with E-state index >= 15 is 0 Å². The Balaban J connectivity index is 3.09. The summed E-state index contributed by atoms with van der Waals surface area (Å²) in [6.07, 6.45) is 2.09. The van der Waals surface area contributed by atoms with Crippen LogP contribution < -0.4 is 20.5 Å². The number of anilines is 1. The summed E-state index contributed by atoms with van der Waals surface area (Å²) in [7, 11) is 2.94. The van der Waals surface area contributed by atoms with E-state index in [2.05, 4.69) is 5.32 Å². The summed E-state index contributed by atoms with van der Waals surface area (Å²) in [4.78, 5) is 23.2. The van der Waals surface area contributed by atoms with Crippen molar-refractivity contribution in [3.05, 3.63) is 17.7 Å². The fourth-order valence-electron chi connectivity index (χ4n) is 1.74. The van der Waals surface area contributed by atoms with Gasteiger partial charge in [-0.25, -0.2) is 0 Å². The second-order valence-electron chi connectivity index (χ2n) is 4.27. The summed E-state index contributed by atoms with van der Waals surface area (Å²) < 4.78 is 10.3. The number of ether oxygens (including phenoxy) is 2. The first kappa shape index (κ1) is 15.8. The normalized spacial score (nSPS) is 9.95. The second kappa shape index (κ2) is 7.37. The smallest absolute Gasteiger partial charge is 0.250 e. The summed E-state index contributed by atoms with van der Waals surface area (Å²) in [6, 6.07) is 2.99. The van der Waals surface area contributed by atoms with E-state index in [-0.39, 0.29) is 11.5 Å². The Kier molecular flexibility index (Phi) is 5.83. The SMILES string of the molecule is CCCCC(=O)Nc1cc(OC)c(OC)cc1C(N)=O. The minimum Gasteiger partial charge on any atom is -0.493 e. The first-order chi connectivity index (χ1) is 9.53. The highest BCUT2D eigenvalue weighted by Crippen LogP contribution is 2.33. The molecule has 0 unspecified atom stereocenters. The van der Waals surface area contributed by atoms with Crippen LogP contribution in [0.3, 0.4) is 0 Å². The molecular weight excluding hydrogens is 260 g/mol. The van der Waals surface area contributed by atoms with Crippen molar-refractivity contribution >= 4 is 17.5 Å². The van der Waals surface area contributed by atoms with Gasteiger partial charge in [-0.05, 0) is 12.5 Å². The number of unbranched alkanes of at least 4 members (excludes halogenated alkanes) is 1. The van der Waals surface area contributed by atoms with Crippen LogP contribution in [0.1, 0.15) is 36.5 Å². The molecule has 0 aliphatic carbocycles. The van der Waals surface area contributed by atoms with E-state index in [0.29, 0.717) is 23.6 Å². The highest BCUT2D eigenvalue weighted by molar-refractivity contribution is 6.03. The molecule has 0 radical (unpaired) electrons. The van der Waals surface area contributed by atoms with E-state index in [9.17, 15) is 9.59 Å². The molecule has 0 aliphatic rings. The average molecular weight is 280 g/mol. The van der Waals surface area contributed by atoms with Crippen LogP contribution in [0, 0.1) is 0 Å². The lowest BCUT2D eigenvalue weighted by Crippen LogP contribution is -2.18. The summed E-state index contributed by atoms with van der Waals surface area (Å²) in [5.41, 5.74) is 5.84. The highest BCUT2D eigenvalue weighted by Gasteiger charge is 2.16. The van der Waals surface area contributed by atoms with Crippen LogP contribution in [0.2, 0.25) is 0 Å². The molecule has 6 nitrogen and oxygen atoms in total. The van der Waals surface area contributed by atoms with Crippen LogP contribution in [0.5, 0.6) is 11.5 Å². The predicted molar refractivity (Wildman–Crippen MR) is 76.2 cm³/mol. The molecule has 1 aromatic carbocycles. The number of benzene rings is 1. The molecule has 20 heavy (non-hydrogen) atoms. The van der Waals surface area contributed by atoms with Gasteiger partial charge in [-0.3, -0.25) is 9.59 Å². The first-order valence-corrected chi connectivity index (χ1v) is 6.39. The van der Waals surface area contributed by atoms with Crippen LogP contribution in [0.25, 0.3) is 0 Å². The molecule has 3 N–H and O–H groups in total. The molecule has 0 aromatic heterocycles. The van der Waals surface area contributed by atoms with E-state index in [1.54, 1.807) is 0 Å². The fourth-order valence-corrected chi connectivity index (χ4v) is 1.74. The number of carbonyl (C=O) groups excluding carboxylic acids is 2. The topological polar surface area (TPSA) is 90.7 Å². The van der Waals surface area contributed by atoms with Gasteiger partial charge in [-0.2, -0.15) is 0 Å². The quantitative estimate of drug-likeness (QED) is 0.798. The van der Waals surface area contributed by atoms with Gasteiger partial charge in [0.15, 0.2) is 11.5 Å². The molecule has 0 heterocycles. The Morgan fingerprint density at radius 2 is 1.80 bits per heavy atom. The second-order valence-corrected chi connectivity index (χ2v) is 4.27. The summed E-state index contributed by atoms with van der Waals surface area (Å²) in [5.74, 6) is -0.00513. The van der Waals surface area contributed by atoms with Crippen molar-refractivity contribution in [2.75, 3.05) is 19.5 Å². The molecule has 110 valence electrons. The Bertz CT molecular complexity index is 500. The Morgan fingerprint density at radius 3 is 2.30 bits per heavy atom. The number of primary amides is 1. The van der Waals surface area contributed by atoms with Crippen molar-refractivity contribution < 1.29 is 19.1 Å². The van der Waals surface area contributed by atoms with Crippen LogP contribution in [-0.4, -0.2) is 26.0 Å². The maximum atomic E-state index is 11.8. The maximum Gasteiger partial charge on any atom is 0.250 e. The molecular formula is C14H20N2O4. The van der Waals surface area contributed by atoms with Gasteiger partial charge in [0.25, 0.3) is 5.91 Å². The lowest BCUT2D eigenvalue weighted by atomic mass is 10.1. The zero-order valence-electron chi connectivity index (χ0n) is 12.0. The zero-order chi connectivity index (χ0) is 15.1. The van der Waals surface area contributed by atoms with Gasteiger partial charge >= 0.3 is 0 Å². The van der Waals surface area contributed by atoms with Crippen molar-refractivity contribution in [1.29, 1.82) is 0 Å². The number of amides is 2. The molecule has 6 heteroatoms. The lowest BCUT2D eigenvalue weighted by Gasteiger charge is -2.14. The van der Waals surface area contributed by atoms with E-state index in [1.165, 1.54) is 26.4 Å². The third-order valence-corrected chi connectivity index (χ3v) is 2.82. The van der Waals surface area contributed by atoms with Crippen molar-refractivity contribution in [2.24, 2.45) is 5.73 Å². The van der Waals surface area contributed by atoms with Crippen molar-refractivity contribution in [3.8, 4) is 11.5 Å². The maximum absolute atomic E-state index is 11.8. The molecule has 2 amide bonds. The van der Waals surface area contributed by atoms with Gasteiger partial charge < -0.3 is 20.5 Å². The number of nitrogens with one attached hydrogen (secondary N) is 1. The number of hydrogen-bond acceptors (Lipinski definition) is 4. The molecule has 0 aliphatic heterocycles. The van der Waals surface area contributed by atoms with Gasteiger partial charge in [-0.1, -0.05) is 13.3 Å². The molecule has 0 spiro atoms. The van der Waals surface area contributed by atoms with Gasteiger partial charge in [0.2, 0.25) is 5.91 Å². The average Bonchev–Trinajstić information content (AvgIpc) is 2.44. The summed E-state index contributed by atoms with van der Waals surface area (Å²) >= 11 is 0. The number of carbonyl (C=O) groups is 2. The minimum atomic E-state index is -0.642. The van der Waals surface area contributed by atoms with E-state index in [4.69, 9.17) is 15.2 Å². The van der Waals surface area contributed by atoms with Crippen molar-refractivity contribution in [2.45, 2.75) is 26.2 Å². The zero-order valence-corrected chi connectivity index (χ0v) is 12.0. The third kappa shape index (κ3) is 3.88. The number of hydrogen-bond donors (Lipinski definition) is 2. The molecule has 1 aromatic rings. The molecule has 0 fully saturated rings. The predicted octanol–water partition coefficient (Wildman–Crippen LogP) is 1.93.